The first-order valence-corrected chi connectivity index (χ1v) is 11.5. The summed E-state index contributed by atoms with van der Waals surface area (Å²) in [6, 6.07) is 17.8. The number of aryl methyl sites for hydroxylation is 1. The number of anilines is 1. The van der Waals surface area contributed by atoms with Gasteiger partial charge in [-0.25, -0.2) is 0 Å². The van der Waals surface area contributed by atoms with Crippen LogP contribution in [0.1, 0.15) is 34.6 Å². The van der Waals surface area contributed by atoms with E-state index in [-0.39, 0.29) is 0 Å². The quantitative estimate of drug-likeness (QED) is 0.499. The molecule has 166 valence electrons. The molecule has 0 aliphatic carbocycles. The fourth-order valence-corrected chi connectivity index (χ4v) is 4.94. The summed E-state index contributed by atoms with van der Waals surface area (Å²) in [4.78, 5) is 9.37. The molecule has 5 rings (SSSR count). The Hall–Kier alpha value is -3.28. The lowest BCUT2D eigenvalue weighted by Crippen LogP contribution is -2.39. The number of aliphatic imine (C=N–C) groups is 1. The summed E-state index contributed by atoms with van der Waals surface area (Å²) < 4.78 is 1.89. The van der Waals surface area contributed by atoms with Gasteiger partial charge in [0.25, 0.3) is 0 Å². The van der Waals surface area contributed by atoms with Crippen molar-refractivity contribution in [3.8, 4) is 0 Å². The molecule has 32 heavy (non-hydrogen) atoms. The number of aromatic nitrogens is 2. The van der Waals surface area contributed by atoms with Crippen molar-refractivity contribution < 1.29 is 0 Å². The van der Waals surface area contributed by atoms with E-state index < -0.39 is 0 Å². The lowest BCUT2D eigenvalue weighted by Gasteiger charge is -2.22. The highest BCUT2D eigenvalue weighted by Gasteiger charge is 2.26. The van der Waals surface area contributed by atoms with Gasteiger partial charge in [-0.2, -0.15) is 5.10 Å². The normalized spacial score (nSPS) is 18.3. The average Bonchev–Trinajstić information content (AvgIpc) is 3.56. The molecule has 6 heteroatoms. The van der Waals surface area contributed by atoms with Gasteiger partial charge in [0.15, 0.2) is 5.96 Å². The minimum Gasteiger partial charge on any atom is -0.367 e. The number of rotatable bonds is 5. The third-order valence-electron chi connectivity index (χ3n) is 6.73. The zero-order valence-electron chi connectivity index (χ0n) is 19.0. The van der Waals surface area contributed by atoms with E-state index in [1.54, 1.807) is 0 Å². The first-order chi connectivity index (χ1) is 15.7. The topological polar surface area (TPSA) is 48.7 Å². The summed E-state index contributed by atoms with van der Waals surface area (Å²) in [5.41, 5.74) is 6.81. The van der Waals surface area contributed by atoms with E-state index in [0.717, 1.165) is 51.5 Å². The fraction of sp³-hybridized carbons (Fsp3) is 0.385. The number of fused-ring (bicyclic) bond motifs is 1. The summed E-state index contributed by atoms with van der Waals surface area (Å²) in [6.45, 7) is 4.87. The molecule has 0 spiro atoms. The van der Waals surface area contributed by atoms with Gasteiger partial charge >= 0.3 is 0 Å². The third kappa shape index (κ3) is 4.35. The van der Waals surface area contributed by atoms with Crippen LogP contribution >= 0.6 is 0 Å². The van der Waals surface area contributed by atoms with E-state index in [4.69, 9.17) is 0 Å². The van der Waals surface area contributed by atoms with Gasteiger partial charge in [-0.15, -0.1) is 0 Å². The molecule has 0 radical (unpaired) electrons. The van der Waals surface area contributed by atoms with Gasteiger partial charge < -0.3 is 15.1 Å². The lowest BCUT2D eigenvalue weighted by molar-refractivity contribution is 0.486. The number of hydrogen-bond acceptors (Lipinski definition) is 3. The number of likely N-dealkylation sites (tertiary alicyclic amines) is 1. The molecule has 1 saturated heterocycles. The highest BCUT2D eigenvalue weighted by atomic mass is 15.3. The van der Waals surface area contributed by atoms with Gasteiger partial charge in [0.2, 0.25) is 0 Å². The van der Waals surface area contributed by atoms with E-state index in [1.807, 2.05) is 25.0 Å². The van der Waals surface area contributed by atoms with Crippen LogP contribution in [0.3, 0.4) is 0 Å². The van der Waals surface area contributed by atoms with Crippen molar-refractivity contribution in [1.29, 1.82) is 0 Å². The minimum absolute atomic E-state index is 0.525. The largest absolute Gasteiger partial charge is 0.367 e. The highest BCUT2D eigenvalue weighted by Crippen LogP contribution is 2.29. The second-order valence-corrected chi connectivity index (χ2v) is 8.90. The second kappa shape index (κ2) is 9.07. The number of hydrogen-bond donors (Lipinski definition) is 1. The molecule has 3 heterocycles. The fourth-order valence-electron chi connectivity index (χ4n) is 4.94. The first-order valence-electron chi connectivity index (χ1n) is 11.5. The van der Waals surface area contributed by atoms with Crippen LogP contribution < -0.4 is 10.2 Å². The van der Waals surface area contributed by atoms with Crippen molar-refractivity contribution >= 4 is 11.6 Å². The SMILES string of the molecule is CN=C(NCc1ccc(CN2CCc3ccccc32)cc1)N1CCC(c2cnn(C)c2)C1. The lowest BCUT2D eigenvalue weighted by atomic mass is 10.0. The first kappa shape index (κ1) is 20.6. The Morgan fingerprint density at radius 1 is 1.09 bits per heavy atom. The molecule has 1 fully saturated rings. The van der Waals surface area contributed by atoms with Crippen LogP contribution in [0.2, 0.25) is 0 Å². The van der Waals surface area contributed by atoms with Gasteiger partial charge in [-0.05, 0) is 41.2 Å². The maximum absolute atomic E-state index is 4.53. The van der Waals surface area contributed by atoms with Crippen molar-refractivity contribution in [2.24, 2.45) is 12.0 Å². The molecule has 0 saturated carbocycles. The molecule has 0 bridgehead atoms. The summed E-state index contributed by atoms with van der Waals surface area (Å²) in [5, 5.41) is 7.88. The Kier molecular flexibility index (Phi) is 5.84. The zero-order chi connectivity index (χ0) is 21.9. The highest BCUT2D eigenvalue weighted by molar-refractivity contribution is 5.80. The Bertz CT molecular complexity index is 1080. The Balaban J connectivity index is 1.15. The summed E-state index contributed by atoms with van der Waals surface area (Å²) in [7, 11) is 3.85. The third-order valence-corrected chi connectivity index (χ3v) is 6.73. The van der Waals surface area contributed by atoms with Gasteiger partial charge in [-0.3, -0.25) is 9.67 Å². The van der Waals surface area contributed by atoms with Gasteiger partial charge in [0.05, 0.1) is 6.20 Å². The van der Waals surface area contributed by atoms with Crippen LogP contribution in [0.5, 0.6) is 0 Å². The van der Waals surface area contributed by atoms with Crippen molar-refractivity contribution in [1.82, 2.24) is 20.0 Å². The molecule has 1 unspecified atom stereocenters. The van der Waals surface area contributed by atoms with Crippen molar-refractivity contribution in [3.63, 3.8) is 0 Å². The van der Waals surface area contributed by atoms with Gasteiger partial charge in [0, 0.05) is 64.6 Å². The maximum Gasteiger partial charge on any atom is 0.193 e. The van der Waals surface area contributed by atoms with Gasteiger partial charge in [-0.1, -0.05) is 42.5 Å². The molecule has 1 aromatic heterocycles. The Morgan fingerprint density at radius 2 is 1.91 bits per heavy atom. The molecule has 0 amide bonds. The molecular formula is C26H32N6. The summed E-state index contributed by atoms with van der Waals surface area (Å²) in [6.07, 6.45) is 6.41. The zero-order valence-corrected chi connectivity index (χ0v) is 19.0. The van der Waals surface area contributed by atoms with E-state index in [1.165, 1.54) is 27.9 Å². The predicted molar refractivity (Wildman–Crippen MR) is 130 cm³/mol. The smallest absolute Gasteiger partial charge is 0.193 e. The number of benzene rings is 2. The Labute approximate surface area is 190 Å². The van der Waals surface area contributed by atoms with Crippen LogP contribution in [0, 0.1) is 0 Å². The van der Waals surface area contributed by atoms with Gasteiger partial charge in [0.1, 0.15) is 0 Å². The number of nitrogens with one attached hydrogen (secondary N) is 1. The molecule has 2 aliphatic heterocycles. The molecule has 1 atom stereocenters. The van der Waals surface area contributed by atoms with Crippen molar-refractivity contribution in [2.75, 3.05) is 31.6 Å². The number of guanidine groups is 1. The number of nitrogens with zero attached hydrogens (tertiary/aromatic N) is 5. The van der Waals surface area contributed by atoms with E-state index in [2.05, 4.69) is 79.9 Å². The van der Waals surface area contributed by atoms with Crippen LogP contribution in [-0.4, -0.2) is 47.3 Å². The van der Waals surface area contributed by atoms with Crippen molar-refractivity contribution in [3.05, 3.63) is 83.2 Å². The maximum atomic E-state index is 4.53. The second-order valence-electron chi connectivity index (χ2n) is 8.90. The van der Waals surface area contributed by atoms with E-state index in [0.29, 0.717) is 5.92 Å². The van der Waals surface area contributed by atoms with Crippen LogP contribution in [0.25, 0.3) is 0 Å². The predicted octanol–water partition coefficient (Wildman–Crippen LogP) is 3.55. The summed E-state index contributed by atoms with van der Waals surface area (Å²) >= 11 is 0. The van der Waals surface area contributed by atoms with E-state index >= 15 is 0 Å². The van der Waals surface area contributed by atoms with E-state index in [9.17, 15) is 0 Å². The monoisotopic (exact) mass is 428 g/mol. The molecule has 6 nitrogen and oxygen atoms in total. The molecule has 2 aliphatic rings. The average molecular weight is 429 g/mol. The molecule has 3 aromatic rings. The summed E-state index contributed by atoms with van der Waals surface area (Å²) in [5.74, 6) is 1.51. The van der Waals surface area contributed by atoms with Crippen LogP contribution in [-0.2, 0) is 26.6 Å². The molecule has 2 aromatic carbocycles. The molecule has 1 N–H and O–H groups in total. The molecular weight excluding hydrogens is 396 g/mol. The number of para-hydroxylation sites is 1. The van der Waals surface area contributed by atoms with Crippen molar-refractivity contribution in [2.45, 2.75) is 31.8 Å². The minimum atomic E-state index is 0.525. The van der Waals surface area contributed by atoms with Crippen LogP contribution in [0.4, 0.5) is 5.69 Å². The van der Waals surface area contributed by atoms with Crippen LogP contribution in [0.15, 0.2) is 65.9 Å². The Morgan fingerprint density at radius 3 is 2.69 bits per heavy atom. The standard InChI is InChI=1S/C26H32N6/c1-27-26(32-14-12-23(19-32)24-16-29-30(2)18-24)28-15-20-7-9-21(10-8-20)17-31-13-11-22-5-3-4-6-25(22)31/h3-10,16,18,23H,11-15,17,19H2,1-2H3,(H,27,28).